The fourth-order valence-electron chi connectivity index (χ4n) is 4.06. The van der Waals surface area contributed by atoms with Gasteiger partial charge in [0.2, 0.25) is 5.91 Å². The van der Waals surface area contributed by atoms with Crippen molar-refractivity contribution in [3.63, 3.8) is 0 Å². The minimum Gasteiger partial charge on any atom is -0.486 e. The Morgan fingerprint density at radius 1 is 1.03 bits per heavy atom. The number of carbonyl (C=O) groups excluding carboxylic acids is 1. The Hall–Kier alpha value is -3.43. The van der Waals surface area contributed by atoms with Crippen molar-refractivity contribution in [1.82, 2.24) is 4.72 Å². The predicted molar refractivity (Wildman–Crippen MR) is 119 cm³/mol. The van der Waals surface area contributed by atoms with Crippen molar-refractivity contribution in [2.45, 2.75) is 30.6 Å². The third-order valence-electron chi connectivity index (χ3n) is 5.58. The van der Waals surface area contributed by atoms with Gasteiger partial charge in [0, 0.05) is 12.0 Å². The average molecular weight is 429 g/mol. The van der Waals surface area contributed by atoms with Crippen LogP contribution in [0.25, 0.3) is 0 Å². The van der Waals surface area contributed by atoms with Gasteiger partial charge in [-0.15, -0.1) is 0 Å². The molecule has 3 aromatic carbocycles. The first-order chi connectivity index (χ1) is 15.2. The van der Waals surface area contributed by atoms with Crippen LogP contribution < -0.4 is 14.2 Å². The highest BCUT2D eigenvalue weighted by Crippen LogP contribution is 2.41. The number of carbonyl (C=O) groups is 1. The summed E-state index contributed by atoms with van der Waals surface area (Å²) in [5.41, 5.74) is 3.99. The number of hydrogen-bond acceptors (Lipinski definition) is 5. The molecule has 0 spiro atoms. The summed E-state index contributed by atoms with van der Waals surface area (Å²) in [5, 5.41) is 9.27. The van der Waals surface area contributed by atoms with Gasteiger partial charge in [-0.25, -0.2) is 0 Å². The summed E-state index contributed by atoms with van der Waals surface area (Å²) < 4.78 is 15.2. The van der Waals surface area contributed by atoms with Gasteiger partial charge in [0.15, 0.2) is 0 Å². The summed E-state index contributed by atoms with van der Waals surface area (Å²) in [6.45, 7) is 0. The lowest BCUT2D eigenvalue weighted by Crippen LogP contribution is -2.05. The van der Waals surface area contributed by atoms with E-state index in [1.807, 2.05) is 48.5 Å². The molecule has 2 unspecified atom stereocenters. The van der Waals surface area contributed by atoms with Crippen LogP contribution in [0.5, 0.6) is 17.2 Å². The molecule has 1 aliphatic heterocycles. The molecule has 0 bridgehead atoms. The van der Waals surface area contributed by atoms with Crippen molar-refractivity contribution in [2.75, 3.05) is 0 Å². The van der Waals surface area contributed by atoms with E-state index in [2.05, 4.69) is 16.9 Å². The van der Waals surface area contributed by atoms with Crippen LogP contribution in [0.15, 0.2) is 66.7 Å². The van der Waals surface area contributed by atoms with Crippen LogP contribution in [-0.2, 0) is 11.2 Å². The van der Waals surface area contributed by atoms with E-state index >= 15 is 0 Å². The van der Waals surface area contributed by atoms with E-state index in [0.29, 0.717) is 17.7 Å². The van der Waals surface area contributed by atoms with E-state index in [1.165, 1.54) is 11.9 Å². The monoisotopic (exact) mass is 428 g/mol. The molecule has 2 atom stereocenters. The molecule has 5 nitrogen and oxygen atoms in total. The highest BCUT2D eigenvalue weighted by molar-refractivity contribution is 7.98. The molecule has 1 amide bonds. The molecule has 1 aliphatic carbocycles. The first-order valence-corrected chi connectivity index (χ1v) is 11.1. The molecule has 1 heterocycles. The van der Waals surface area contributed by atoms with Gasteiger partial charge in [-0.05, 0) is 72.3 Å². The third-order valence-corrected chi connectivity index (χ3v) is 6.65. The quantitative estimate of drug-likeness (QED) is 0.534. The molecule has 5 rings (SSSR count). The van der Waals surface area contributed by atoms with Crippen LogP contribution in [0, 0.1) is 11.3 Å². The summed E-state index contributed by atoms with van der Waals surface area (Å²) in [5.74, 6) is 2.36. The van der Waals surface area contributed by atoms with Crippen LogP contribution in [0.3, 0.4) is 0 Å². The maximum absolute atomic E-state index is 11.4. The number of rotatable bonds is 5. The number of amides is 1. The second kappa shape index (κ2) is 8.37. The SMILES string of the molecule is N#Cc1cccc(Oc2cccc3c2CCC3Oc2ccc(C3CC(=O)NS3)cc2)c1. The third kappa shape index (κ3) is 4.10. The van der Waals surface area contributed by atoms with Crippen molar-refractivity contribution < 1.29 is 14.3 Å². The number of nitrogens with zero attached hydrogens (tertiary/aromatic N) is 1. The lowest BCUT2D eigenvalue weighted by atomic mass is 10.1. The van der Waals surface area contributed by atoms with Gasteiger partial charge < -0.3 is 9.47 Å². The fraction of sp³-hybridized carbons (Fsp3) is 0.200. The molecule has 154 valence electrons. The lowest BCUT2D eigenvalue weighted by Gasteiger charge is -2.17. The standard InChI is InChI=1S/C25H20N2O3S/c26-15-16-3-1-4-19(13-16)30-22-6-2-5-20-21(22)11-12-23(20)29-18-9-7-17(8-10-18)24-14-25(28)27-31-24/h1-10,13,23-24H,11-12,14H2,(H,27,28). The van der Waals surface area contributed by atoms with Crippen LogP contribution in [0.1, 0.15) is 46.4 Å². The van der Waals surface area contributed by atoms with Gasteiger partial charge in [-0.3, -0.25) is 9.52 Å². The number of nitriles is 1. The van der Waals surface area contributed by atoms with E-state index in [0.717, 1.165) is 41.0 Å². The zero-order chi connectivity index (χ0) is 21.2. The van der Waals surface area contributed by atoms with Crippen molar-refractivity contribution in [3.8, 4) is 23.3 Å². The van der Waals surface area contributed by atoms with Gasteiger partial charge in [0.05, 0.1) is 16.9 Å². The molecule has 1 saturated heterocycles. The van der Waals surface area contributed by atoms with Gasteiger partial charge in [0.25, 0.3) is 0 Å². The van der Waals surface area contributed by atoms with Crippen molar-refractivity contribution >= 4 is 17.9 Å². The van der Waals surface area contributed by atoms with Crippen LogP contribution in [0.4, 0.5) is 0 Å². The van der Waals surface area contributed by atoms with Crippen LogP contribution in [0.2, 0.25) is 0 Å². The Morgan fingerprint density at radius 3 is 2.65 bits per heavy atom. The zero-order valence-electron chi connectivity index (χ0n) is 16.7. The molecule has 2 aliphatic rings. The Bertz CT molecular complexity index is 1170. The van der Waals surface area contributed by atoms with Crippen LogP contribution >= 0.6 is 11.9 Å². The zero-order valence-corrected chi connectivity index (χ0v) is 17.5. The average Bonchev–Trinajstić information content (AvgIpc) is 3.42. The molecule has 6 heteroatoms. The van der Waals surface area contributed by atoms with Gasteiger partial charge in [0.1, 0.15) is 23.4 Å². The minimum absolute atomic E-state index is 0.0288. The second-order valence-electron chi connectivity index (χ2n) is 7.62. The topological polar surface area (TPSA) is 71.3 Å². The Kier molecular flexibility index (Phi) is 5.27. The molecule has 0 radical (unpaired) electrons. The second-order valence-corrected chi connectivity index (χ2v) is 8.62. The normalized spacial score (nSPS) is 19.4. The van der Waals surface area contributed by atoms with Crippen molar-refractivity contribution in [1.29, 1.82) is 5.26 Å². The lowest BCUT2D eigenvalue weighted by molar-refractivity contribution is -0.118. The Morgan fingerprint density at radius 2 is 1.87 bits per heavy atom. The summed E-state index contributed by atoms with van der Waals surface area (Å²) in [6, 6.07) is 23.4. The molecule has 0 aromatic heterocycles. The van der Waals surface area contributed by atoms with Crippen molar-refractivity contribution in [2.24, 2.45) is 0 Å². The molecule has 1 fully saturated rings. The van der Waals surface area contributed by atoms with E-state index in [1.54, 1.807) is 12.1 Å². The van der Waals surface area contributed by atoms with E-state index < -0.39 is 0 Å². The first kappa shape index (κ1) is 19.5. The molecular formula is C25H20N2O3S. The maximum Gasteiger partial charge on any atom is 0.231 e. The summed E-state index contributed by atoms with van der Waals surface area (Å²) >= 11 is 1.47. The van der Waals surface area contributed by atoms with Gasteiger partial charge in [-0.2, -0.15) is 5.26 Å². The summed E-state index contributed by atoms with van der Waals surface area (Å²) in [7, 11) is 0. The largest absolute Gasteiger partial charge is 0.486 e. The number of benzene rings is 3. The number of fused-ring (bicyclic) bond motifs is 1. The van der Waals surface area contributed by atoms with Gasteiger partial charge >= 0.3 is 0 Å². The number of ether oxygens (including phenoxy) is 2. The highest BCUT2D eigenvalue weighted by Gasteiger charge is 2.28. The molecule has 3 aromatic rings. The number of nitrogens with one attached hydrogen (secondary N) is 1. The first-order valence-electron chi connectivity index (χ1n) is 10.2. The highest BCUT2D eigenvalue weighted by atomic mass is 32.2. The minimum atomic E-state index is -0.0288. The Labute approximate surface area is 185 Å². The molecule has 1 N–H and O–H groups in total. The number of hydrogen-bond donors (Lipinski definition) is 1. The smallest absolute Gasteiger partial charge is 0.231 e. The maximum atomic E-state index is 11.4. The molecular weight excluding hydrogens is 408 g/mol. The van der Waals surface area contributed by atoms with E-state index in [-0.39, 0.29) is 17.3 Å². The van der Waals surface area contributed by atoms with E-state index in [9.17, 15) is 4.79 Å². The van der Waals surface area contributed by atoms with Crippen LogP contribution in [-0.4, -0.2) is 5.91 Å². The molecule has 0 saturated carbocycles. The van der Waals surface area contributed by atoms with Gasteiger partial charge in [-0.1, -0.05) is 30.3 Å². The summed E-state index contributed by atoms with van der Waals surface area (Å²) in [4.78, 5) is 11.4. The van der Waals surface area contributed by atoms with E-state index in [4.69, 9.17) is 14.7 Å². The molecule has 31 heavy (non-hydrogen) atoms. The predicted octanol–water partition coefficient (Wildman–Crippen LogP) is 5.63. The summed E-state index contributed by atoms with van der Waals surface area (Å²) in [6.07, 6.45) is 2.24. The fourth-order valence-corrected chi connectivity index (χ4v) is 4.94. The Balaban J connectivity index is 1.31. The van der Waals surface area contributed by atoms with Crippen molar-refractivity contribution in [3.05, 3.63) is 89.0 Å².